The van der Waals surface area contributed by atoms with E-state index in [1.54, 1.807) is 18.0 Å². The highest BCUT2D eigenvalue weighted by molar-refractivity contribution is 6.31. The Bertz CT molecular complexity index is 569. The summed E-state index contributed by atoms with van der Waals surface area (Å²) in [4.78, 5) is 25.4. The number of carboxylic acids is 1. The van der Waals surface area contributed by atoms with Gasteiger partial charge in [-0.3, -0.25) is 9.59 Å². The third-order valence-electron chi connectivity index (χ3n) is 4.38. The Labute approximate surface area is 141 Å². The fraction of sp³-hybridized carbons (Fsp3) is 0.529. The summed E-state index contributed by atoms with van der Waals surface area (Å²) in [5.74, 6) is -0.864. The van der Waals surface area contributed by atoms with Gasteiger partial charge >= 0.3 is 5.97 Å². The van der Waals surface area contributed by atoms with Crippen molar-refractivity contribution in [2.24, 2.45) is 0 Å². The zero-order valence-corrected chi connectivity index (χ0v) is 14.0. The standard InChI is InChI=1S/C17H22ClNO4/c1-19(10-4-7-15(20)21)16(22)17(8-11-23-12-9-17)13-5-2-3-6-14(13)18/h2-3,5-6H,4,7-12H2,1H3,(H,20,21). The molecule has 0 bridgehead atoms. The average molecular weight is 340 g/mol. The van der Waals surface area contributed by atoms with Crippen LogP contribution >= 0.6 is 11.6 Å². The third-order valence-corrected chi connectivity index (χ3v) is 4.71. The Hall–Kier alpha value is -1.59. The molecule has 1 aliphatic rings. The Balaban J connectivity index is 2.22. The van der Waals surface area contributed by atoms with Crippen LogP contribution in [-0.4, -0.2) is 48.7 Å². The Morgan fingerprint density at radius 1 is 1.30 bits per heavy atom. The van der Waals surface area contributed by atoms with Gasteiger partial charge in [0.15, 0.2) is 0 Å². The summed E-state index contributed by atoms with van der Waals surface area (Å²) >= 11 is 6.35. The molecule has 23 heavy (non-hydrogen) atoms. The Morgan fingerprint density at radius 2 is 1.96 bits per heavy atom. The molecule has 0 saturated carbocycles. The van der Waals surface area contributed by atoms with Crippen molar-refractivity contribution in [2.45, 2.75) is 31.1 Å². The second-order valence-electron chi connectivity index (χ2n) is 5.90. The molecule has 0 spiro atoms. The van der Waals surface area contributed by atoms with E-state index in [1.807, 2.05) is 18.2 Å². The van der Waals surface area contributed by atoms with Crippen molar-refractivity contribution >= 4 is 23.5 Å². The molecule has 0 aliphatic carbocycles. The molecule has 0 unspecified atom stereocenters. The molecule has 1 aliphatic heterocycles. The van der Waals surface area contributed by atoms with E-state index in [0.717, 1.165) is 5.56 Å². The van der Waals surface area contributed by atoms with E-state index in [0.29, 0.717) is 44.0 Å². The molecule has 0 radical (unpaired) electrons. The normalized spacial score (nSPS) is 16.8. The molecule has 1 amide bonds. The lowest BCUT2D eigenvalue weighted by atomic mass is 9.73. The van der Waals surface area contributed by atoms with Gasteiger partial charge in [-0.05, 0) is 30.9 Å². The summed E-state index contributed by atoms with van der Waals surface area (Å²) in [7, 11) is 1.72. The molecular formula is C17H22ClNO4. The molecule has 1 fully saturated rings. The molecule has 1 aromatic rings. The van der Waals surface area contributed by atoms with Crippen LogP contribution in [0.15, 0.2) is 24.3 Å². The maximum absolute atomic E-state index is 13.1. The largest absolute Gasteiger partial charge is 0.481 e. The molecule has 1 aromatic carbocycles. The summed E-state index contributed by atoms with van der Waals surface area (Å²) in [6.07, 6.45) is 1.66. The van der Waals surface area contributed by atoms with Crippen molar-refractivity contribution in [1.29, 1.82) is 0 Å². The first-order chi connectivity index (χ1) is 11.0. The van der Waals surface area contributed by atoms with E-state index >= 15 is 0 Å². The number of rotatable bonds is 6. The molecular weight excluding hydrogens is 318 g/mol. The van der Waals surface area contributed by atoms with Gasteiger partial charge in [0.05, 0.1) is 5.41 Å². The van der Waals surface area contributed by atoms with Crippen LogP contribution in [0.3, 0.4) is 0 Å². The van der Waals surface area contributed by atoms with Crippen LogP contribution in [0.2, 0.25) is 5.02 Å². The van der Waals surface area contributed by atoms with Gasteiger partial charge in [0.2, 0.25) is 5.91 Å². The topological polar surface area (TPSA) is 66.8 Å². The van der Waals surface area contributed by atoms with Crippen LogP contribution in [0.4, 0.5) is 0 Å². The number of benzene rings is 1. The predicted octanol–water partition coefficient (Wildman–Crippen LogP) is 2.71. The monoisotopic (exact) mass is 339 g/mol. The van der Waals surface area contributed by atoms with Crippen LogP contribution in [0.1, 0.15) is 31.2 Å². The highest BCUT2D eigenvalue weighted by Gasteiger charge is 2.44. The van der Waals surface area contributed by atoms with E-state index in [1.165, 1.54) is 0 Å². The van der Waals surface area contributed by atoms with Gasteiger partial charge in [-0.25, -0.2) is 0 Å². The Kier molecular flexibility index (Phi) is 6.02. The number of carbonyl (C=O) groups is 2. The summed E-state index contributed by atoms with van der Waals surface area (Å²) in [6.45, 7) is 1.44. The van der Waals surface area contributed by atoms with Crippen molar-refractivity contribution in [2.75, 3.05) is 26.8 Å². The van der Waals surface area contributed by atoms with Crippen LogP contribution < -0.4 is 0 Å². The number of hydrogen-bond acceptors (Lipinski definition) is 3. The molecule has 126 valence electrons. The molecule has 0 atom stereocenters. The van der Waals surface area contributed by atoms with Crippen LogP contribution in [-0.2, 0) is 19.7 Å². The summed E-state index contributed by atoms with van der Waals surface area (Å²) in [5, 5.41) is 9.33. The number of likely N-dealkylation sites (N-methyl/N-ethyl adjacent to an activating group) is 1. The first-order valence-electron chi connectivity index (χ1n) is 7.77. The lowest BCUT2D eigenvalue weighted by Crippen LogP contribution is -2.49. The summed E-state index contributed by atoms with van der Waals surface area (Å²) < 4.78 is 5.44. The minimum absolute atomic E-state index is 0.0145. The van der Waals surface area contributed by atoms with Crippen molar-refractivity contribution < 1.29 is 19.4 Å². The Morgan fingerprint density at radius 3 is 2.57 bits per heavy atom. The van der Waals surface area contributed by atoms with Gasteiger partial charge in [-0.15, -0.1) is 0 Å². The van der Waals surface area contributed by atoms with Gasteiger partial charge in [0.1, 0.15) is 0 Å². The minimum Gasteiger partial charge on any atom is -0.481 e. The van der Waals surface area contributed by atoms with Crippen LogP contribution in [0.25, 0.3) is 0 Å². The van der Waals surface area contributed by atoms with Gasteiger partial charge in [-0.2, -0.15) is 0 Å². The highest BCUT2D eigenvalue weighted by atomic mass is 35.5. The number of carboxylic acid groups (broad SMARTS) is 1. The van der Waals surface area contributed by atoms with Gasteiger partial charge in [0.25, 0.3) is 0 Å². The summed E-state index contributed by atoms with van der Waals surface area (Å²) in [5.41, 5.74) is 0.147. The average Bonchev–Trinajstić information content (AvgIpc) is 2.54. The van der Waals surface area contributed by atoms with Crippen molar-refractivity contribution in [3.8, 4) is 0 Å². The second kappa shape index (κ2) is 7.79. The minimum atomic E-state index is -0.849. The van der Waals surface area contributed by atoms with Gasteiger partial charge < -0.3 is 14.7 Å². The molecule has 2 rings (SSSR count). The van der Waals surface area contributed by atoms with Gasteiger partial charge in [-0.1, -0.05) is 29.8 Å². The number of nitrogens with zero attached hydrogens (tertiary/aromatic N) is 1. The van der Waals surface area contributed by atoms with Crippen LogP contribution in [0, 0.1) is 0 Å². The van der Waals surface area contributed by atoms with Crippen LogP contribution in [0.5, 0.6) is 0 Å². The quantitative estimate of drug-likeness (QED) is 0.865. The maximum atomic E-state index is 13.1. The van der Waals surface area contributed by atoms with E-state index in [4.69, 9.17) is 21.4 Å². The smallest absolute Gasteiger partial charge is 0.303 e. The van der Waals surface area contributed by atoms with Gasteiger partial charge in [0, 0.05) is 38.2 Å². The van der Waals surface area contributed by atoms with E-state index in [9.17, 15) is 9.59 Å². The molecule has 5 nitrogen and oxygen atoms in total. The number of halogens is 1. The third kappa shape index (κ3) is 4.03. The van der Waals surface area contributed by atoms with E-state index in [-0.39, 0.29) is 12.3 Å². The number of hydrogen-bond donors (Lipinski definition) is 1. The number of carbonyl (C=O) groups excluding carboxylic acids is 1. The molecule has 6 heteroatoms. The lowest BCUT2D eigenvalue weighted by molar-refractivity contribution is -0.141. The maximum Gasteiger partial charge on any atom is 0.303 e. The predicted molar refractivity (Wildman–Crippen MR) is 87.7 cm³/mol. The van der Waals surface area contributed by atoms with E-state index in [2.05, 4.69) is 0 Å². The lowest BCUT2D eigenvalue weighted by Gasteiger charge is -2.39. The fourth-order valence-electron chi connectivity index (χ4n) is 3.10. The fourth-order valence-corrected chi connectivity index (χ4v) is 3.42. The van der Waals surface area contributed by atoms with Crippen molar-refractivity contribution in [3.05, 3.63) is 34.9 Å². The summed E-state index contributed by atoms with van der Waals surface area (Å²) in [6, 6.07) is 7.43. The number of ether oxygens (including phenoxy) is 1. The molecule has 0 aromatic heterocycles. The number of amides is 1. The zero-order chi connectivity index (χ0) is 16.9. The van der Waals surface area contributed by atoms with Crippen molar-refractivity contribution in [1.82, 2.24) is 4.90 Å². The second-order valence-corrected chi connectivity index (χ2v) is 6.31. The highest BCUT2D eigenvalue weighted by Crippen LogP contribution is 2.40. The zero-order valence-electron chi connectivity index (χ0n) is 13.3. The molecule has 1 N–H and O–H groups in total. The first-order valence-corrected chi connectivity index (χ1v) is 8.15. The SMILES string of the molecule is CN(CCCC(=O)O)C(=O)C1(c2ccccc2Cl)CCOCC1. The first kappa shape index (κ1) is 17.8. The number of aliphatic carboxylic acids is 1. The van der Waals surface area contributed by atoms with Crippen molar-refractivity contribution in [3.63, 3.8) is 0 Å². The van der Waals surface area contributed by atoms with E-state index < -0.39 is 11.4 Å². The molecule has 1 saturated heterocycles. The molecule has 1 heterocycles.